The van der Waals surface area contributed by atoms with Crippen molar-refractivity contribution < 1.29 is 8.42 Å². The average Bonchev–Trinajstić information content (AvgIpc) is 2.62. The van der Waals surface area contributed by atoms with Gasteiger partial charge in [0.15, 0.2) is 0 Å². The molecule has 5 nitrogen and oxygen atoms in total. The van der Waals surface area contributed by atoms with Crippen LogP contribution in [-0.4, -0.2) is 51.4 Å². The summed E-state index contributed by atoms with van der Waals surface area (Å²) in [6, 6.07) is 14.2. The summed E-state index contributed by atoms with van der Waals surface area (Å²) < 4.78 is 28.1. The van der Waals surface area contributed by atoms with Crippen molar-refractivity contribution in [3.05, 3.63) is 64.7 Å². The van der Waals surface area contributed by atoms with E-state index in [1.807, 2.05) is 49.3 Å². The van der Waals surface area contributed by atoms with Gasteiger partial charge in [-0.1, -0.05) is 41.9 Å². The van der Waals surface area contributed by atoms with Crippen molar-refractivity contribution >= 4 is 21.6 Å². The van der Waals surface area contributed by atoms with Gasteiger partial charge in [0.05, 0.1) is 10.9 Å². The highest BCUT2D eigenvalue weighted by Gasteiger charge is 2.35. The van der Waals surface area contributed by atoms with Crippen LogP contribution in [0.5, 0.6) is 0 Å². The first-order valence-electron chi connectivity index (χ1n) is 8.60. The molecule has 1 heterocycles. The molecule has 0 amide bonds. The Morgan fingerprint density at radius 3 is 2.50 bits per heavy atom. The second-order valence-electron chi connectivity index (χ2n) is 6.74. The summed E-state index contributed by atoms with van der Waals surface area (Å²) in [7, 11) is 0.371. The second kappa shape index (κ2) is 8.06. The monoisotopic (exact) mass is 393 g/mol. The summed E-state index contributed by atoms with van der Waals surface area (Å²) >= 11 is 6.33. The van der Waals surface area contributed by atoms with Gasteiger partial charge in [0.2, 0.25) is 10.0 Å². The van der Waals surface area contributed by atoms with Crippen molar-refractivity contribution in [1.29, 1.82) is 0 Å². The molecule has 1 atom stereocenters. The number of benzene rings is 2. The summed E-state index contributed by atoms with van der Waals surface area (Å²) in [5.74, 6) is 0. The predicted molar refractivity (Wildman–Crippen MR) is 105 cm³/mol. The van der Waals surface area contributed by atoms with Crippen LogP contribution in [0, 0.1) is 0 Å². The molecule has 2 aromatic rings. The van der Waals surface area contributed by atoms with Crippen LogP contribution < -0.4 is 5.32 Å². The lowest BCUT2D eigenvalue weighted by atomic mass is 10.1. The molecule has 0 radical (unpaired) electrons. The Hall–Kier alpha value is -1.44. The van der Waals surface area contributed by atoms with Gasteiger partial charge in [-0.25, -0.2) is 8.42 Å². The van der Waals surface area contributed by atoms with Crippen LogP contribution in [0.1, 0.15) is 17.2 Å². The molecule has 0 bridgehead atoms. The van der Waals surface area contributed by atoms with E-state index in [0.29, 0.717) is 29.6 Å². The van der Waals surface area contributed by atoms with Crippen LogP contribution in [0.4, 0.5) is 0 Å². The van der Waals surface area contributed by atoms with Crippen molar-refractivity contribution in [2.75, 3.05) is 33.7 Å². The molecule has 1 N–H and O–H groups in total. The molecule has 1 aliphatic heterocycles. The SMILES string of the molecule is CN(C)Cc1ccc(S(=O)(=O)N2CCNCC2c2ccccc2Cl)cc1. The number of nitrogens with zero attached hydrogens (tertiary/aromatic N) is 2. The van der Waals surface area contributed by atoms with Crippen molar-refractivity contribution in [3.63, 3.8) is 0 Å². The summed E-state index contributed by atoms with van der Waals surface area (Å²) in [6.07, 6.45) is 0. The Morgan fingerprint density at radius 2 is 1.85 bits per heavy atom. The van der Waals surface area contributed by atoms with Gasteiger partial charge in [0.1, 0.15) is 0 Å². The molecular weight excluding hydrogens is 370 g/mol. The van der Waals surface area contributed by atoms with Gasteiger partial charge >= 0.3 is 0 Å². The third kappa shape index (κ3) is 4.10. The Kier molecular flexibility index (Phi) is 5.99. The summed E-state index contributed by atoms with van der Waals surface area (Å²) in [4.78, 5) is 2.37. The quantitative estimate of drug-likeness (QED) is 0.848. The molecule has 0 aromatic heterocycles. The maximum atomic E-state index is 13.3. The lowest BCUT2D eigenvalue weighted by Crippen LogP contribution is -2.48. The minimum Gasteiger partial charge on any atom is -0.313 e. The lowest BCUT2D eigenvalue weighted by molar-refractivity contribution is 0.271. The van der Waals surface area contributed by atoms with Gasteiger partial charge in [0.25, 0.3) is 0 Å². The molecule has 0 aliphatic carbocycles. The zero-order valence-electron chi connectivity index (χ0n) is 15.0. The lowest BCUT2D eigenvalue weighted by Gasteiger charge is -2.35. The van der Waals surface area contributed by atoms with E-state index in [1.165, 1.54) is 0 Å². The number of hydrogen-bond donors (Lipinski definition) is 1. The number of sulfonamides is 1. The Labute approximate surface area is 160 Å². The molecule has 26 heavy (non-hydrogen) atoms. The number of nitrogens with one attached hydrogen (secondary N) is 1. The molecule has 1 fully saturated rings. The zero-order valence-corrected chi connectivity index (χ0v) is 16.6. The number of halogens is 1. The second-order valence-corrected chi connectivity index (χ2v) is 9.04. The van der Waals surface area contributed by atoms with E-state index in [9.17, 15) is 8.42 Å². The van der Waals surface area contributed by atoms with Crippen molar-refractivity contribution in [1.82, 2.24) is 14.5 Å². The fourth-order valence-electron chi connectivity index (χ4n) is 3.25. The highest BCUT2D eigenvalue weighted by atomic mass is 35.5. The standard InChI is InChI=1S/C19H24ClN3O2S/c1-22(2)14-15-7-9-16(10-8-15)26(24,25)23-12-11-21-13-19(23)17-5-3-4-6-18(17)20/h3-10,19,21H,11-14H2,1-2H3. The van der Waals surface area contributed by atoms with Gasteiger partial charge < -0.3 is 10.2 Å². The van der Waals surface area contributed by atoms with E-state index in [4.69, 9.17) is 11.6 Å². The minimum atomic E-state index is -3.60. The van der Waals surface area contributed by atoms with Crippen LogP contribution in [-0.2, 0) is 16.6 Å². The Balaban J connectivity index is 1.92. The molecule has 0 saturated carbocycles. The van der Waals surface area contributed by atoms with E-state index in [1.54, 1.807) is 22.5 Å². The maximum absolute atomic E-state index is 13.3. The van der Waals surface area contributed by atoms with Gasteiger partial charge in [-0.2, -0.15) is 4.31 Å². The molecule has 7 heteroatoms. The number of rotatable bonds is 5. The minimum absolute atomic E-state index is 0.316. The fraction of sp³-hybridized carbons (Fsp3) is 0.368. The molecule has 1 saturated heterocycles. The van der Waals surface area contributed by atoms with Gasteiger partial charge in [-0.15, -0.1) is 0 Å². The first-order valence-corrected chi connectivity index (χ1v) is 10.4. The van der Waals surface area contributed by atoms with Crippen molar-refractivity contribution in [2.45, 2.75) is 17.5 Å². The van der Waals surface area contributed by atoms with E-state index >= 15 is 0 Å². The molecular formula is C19H24ClN3O2S. The first kappa shape index (κ1) is 19.3. The molecule has 1 unspecified atom stereocenters. The first-order chi connectivity index (χ1) is 12.4. The van der Waals surface area contributed by atoms with Crippen LogP contribution in [0.3, 0.4) is 0 Å². The highest BCUT2D eigenvalue weighted by Crippen LogP contribution is 2.32. The largest absolute Gasteiger partial charge is 0.313 e. The predicted octanol–water partition coefficient (Wildman–Crippen LogP) is 2.74. The molecule has 1 aliphatic rings. The van der Waals surface area contributed by atoms with Crippen LogP contribution in [0.2, 0.25) is 5.02 Å². The van der Waals surface area contributed by atoms with Crippen molar-refractivity contribution in [3.8, 4) is 0 Å². The van der Waals surface area contributed by atoms with E-state index in [0.717, 1.165) is 17.7 Å². The third-order valence-corrected chi connectivity index (χ3v) is 6.75. The summed E-state index contributed by atoms with van der Waals surface area (Å²) in [5.41, 5.74) is 1.91. The maximum Gasteiger partial charge on any atom is 0.243 e. The van der Waals surface area contributed by atoms with Gasteiger partial charge in [-0.05, 0) is 43.4 Å². The zero-order chi connectivity index (χ0) is 18.7. The smallest absolute Gasteiger partial charge is 0.243 e. The molecule has 0 spiro atoms. The summed E-state index contributed by atoms with van der Waals surface area (Å²) in [6.45, 7) is 2.36. The fourth-order valence-corrected chi connectivity index (χ4v) is 5.12. The average molecular weight is 394 g/mol. The van der Waals surface area contributed by atoms with E-state index < -0.39 is 10.0 Å². The van der Waals surface area contributed by atoms with E-state index in [2.05, 4.69) is 5.32 Å². The Bertz CT molecular complexity index is 853. The van der Waals surface area contributed by atoms with Crippen LogP contribution >= 0.6 is 11.6 Å². The third-order valence-electron chi connectivity index (χ3n) is 4.49. The molecule has 140 valence electrons. The number of piperazine rings is 1. The molecule has 3 rings (SSSR count). The highest BCUT2D eigenvalue weighted by molar-refractivity contribution is 7.89. The van der Waals surface area contributed by atoms with Gasteiger partial charge in [-0.3, -0.25) is 0 Å². The number of hydrogen-bond acceptors (Lipinski definition) is 4. The van der Waals surface area contributed by atoms with Crippen molar-refractivity contribution in [2.24, 2.45) is 0 Å². The molecule has 2 aromatic carbocycles. The Morgan fingerprint density at radius 1 is 1.15 bits per heavy atom. The van der Waals surface area contributed by atoms with Crippen LogP contribution in [0.15, 0.2) is 53.4 Å². The topological polar surface area (TPSA) is 52.7 Å². The summed E-state index contributed by atoms with van der Waals surface area (Å²) in [5, 5.41) is 3.86. The van der Waals surface area contributed by atoms with E-state index in [-0.39, 0.29) is 6.04 Å². The van der Waals surface area contributed by atoms with Gasteiger partial charge in [0, 0.05) is 31.2 Å². The van der Waals surface area contributed by atoms with Crippen LogP contribution in [0.25, 0.3) is 0 Å². The normalized spacial score (nSPS) is 19.0.